The highest BCUT2D eigenvalue weighted by Gasteiger charge is 2.28. The molecule has 18 heavy (non-hydrogen) atoms. The maximum Gasteiger partial charge on any atom is 0.389 e. The molecule has 1 aromatic rings. The average Bonchev–Trinajstić information content (AvgIpc) is 2.28. The van der Waals surface area contributed by atoms with E-state index in [2.05, 4.69) is 5.32 Å². The lowest BCUT2D eigenvalue weighted by molar-refractivity contribution is -0.136. The molecular formula is C12H14F5N. The predicted molar refractivity (Wildman–Crippen MR) is 58.2 cm³/mol. The van der Waals surface area contributed by atoms with Crippen molar-refractivity contribution in [2.45, 2.75) is 31.5 Å². The third-order valence-electron chi connectivity index (χ3n) is 2.65. The first-order valence-electron chi connectivity index (χ1n) is 5.50. The monoisotopic (exact) mass is 267 g/mol. The van der Waals surface area contributed by atoms with Gasteiger partial charge in [-0.15, -0.1) is 0 Å². The van der Waals surface area contributed by atoms with Gasteiger partial charge in [0.05, 0.1) is 0 Å². The average molecular weight is 267 g/mol. The second kappa shape index (κ2) is 6.13. The van der Waals surface area contributed by atoms with Crippen molar-refractivity contribution in [1.29, 1.82) is 0 Å². The van der Waals surface area contributed by atoms with Crippen LogP contribution >= 0.6 is 0 Å². The molecule has 0 aliphatic heterocycles. The zero-order chi connectivity index (χ0) is 13.8. The molecule has 0 aromatic heterocycles. The lowest BCUT2D eigenvalue weighted by atomic mass is 10.0. The van der Waals surface area contributed by atoms with E-state index in [0.717, 1.165) is 12.1 Å². The Hall–Kier alpha value is -1.17. The number of hydrogen-bond acceptors (Lipinski definition) is 1. The van der Waals surface area contributed by atoms with Crippen molar-refractivity contribution in [1.82, 2.24) is 5.32 Å². The molecular weight excluding hydrogens is 253 g/mol. The molecule has 1 unspecified atom stereocenters. The molecule has 0 saturated carbocycles. The summed E-state index contributed by atoms with van der Waals surface area (Å²) < 4.78 is 61.8. The summed E-state index contributed by atoms with van der Waals surface area (Å²) >= 11 is 0. The summed E-state index contributed by atoms with van der Waals surface area (Å²) in [5.74, 6) is -1.95. The number of benzene rings is 1. The van der Waals surface area contributed by atoms with Crippen LogP contribution in [0.5, 0.6) is 0 Å². The molecule has 0 fully saturated rings. The van der Waals surface area contributed by atoms with Crippen LogP contribution in [0.15, 0.2) is 18.2 Å². The van der Waals surface area contributed by atoms with Crippen LogP contribution in [0.3, 0.4) is 0 Å². The van der Waals surface area contributed by atoms with Crippen LogP contribution in [-0.2, 0) is 6.42 Å². The van der Waals surface area contributed by atoms with Gasteiger partial charge < -0.3 is 5.32 Å². The van der Waals surface area contributed by atoms with Gasteiger partial charge in [0.2, 0.25) is 0 Å². The Morgan fingerprint density at radius 3 is 2.33 bits per heavy atom. The van der Waals surface area contributed by atoms with Crippen molar-refractivity contribution >= 4 is 0 Å². The summed E-state index contributed by atoms with van der Waals surface area (Å²) in [5, 5.41) is 2.74. The maximum atomic E-state index is 12.9. The first kappa shape index (κ1) is 14.9. The molecule has 0 aliphatic rings. The number of halogens is 5. The van der Waals surface area contributed by atoms with E-state index >= 15 is 0 Å². The molecule has 0 amide bonds. The van der Waals surface area contributed by atoms with Gasteiger partial charge >= 0.3 is 6.18 Å². The Bertz CT molecular complexity index is 389. The molecule has 1 nitrogen and oxygen atoms in total. The fourth-order valence-corrected chi connectivity index (χ4v) is 1.64. The molecule has 0 bridgehead atoms. The first-order chi connectivity index (χ1) is 8.31. The van der Waals surface area contributed by atoms with Crippen LogP contribution in [0.1, 0.15) is 18.4 Å². The van der Waals surface area contributed by atoms with Crippen molar-refractivity contribution in [2.24, 2.45) is 0 Å². The summed E-state index contributed by atoms with van der Waals surface area (Å²) in [6, 6.07) is 2.93. The van der Waals surface area contributed by atoms with Crippen LogP contribution < -0.4 is 5.32 Å². The molecule has 0 aliphatic carbocycles. The number of likely N-dealkylation sites (N-methyl/N-ethyl adjacent to an activating group) is 1. The van der Waals surface area contributed by atoms with Crippen molar-refractivity contribution in [3.05, 3.63) is 35.4 Å². The summed E-state index contributed by atoms with van der Waals surface area (Å²) in [6.45, 7) is 0. The molecule has 0 radical (unpaired) electrons. The minimum absolute atomic E-state index is 0.0982. The highest BCUT2D eigenvalue weighted by molar-refractivity contribution is 5.18. The highest BCUT2D eigenvalue weighted by Crippen LogP contribution is 2.23. The van der Waals surface area contributed by atoms with Gasteiger partial charge in [0.15, 0.2) is 11.6 Å². The molecule has 1 aromatic carbocycles. The molecule has 1 N–H and O–H groups in total. The van der Waals surface area contributed by atoms with Gasteiger partial charge in [-0.25, -0.2) is 8.78 Å². The summed E-state index contributed by atoms with van der Waals surface area (Å²) in [5.41, 5.74) is 0.468. The highest BCUT2D eigenvalue weighted by atomic mass is 19.4. The summed E-state index contributed by atoms with van der Waals surface area (Å²) in [7, 11) is 1.54. The van der Waals surface area contributed by atoms with E-state index in [4.69, 9.17) is 0 Å². The summed E-state index contributed by atoms with van der Waals surface area (Å²) in [6.07, 6.45) is -4.98. The van der Waals surface area contributed by atoms with E-state index in [1.807, 2.05) is 0 Å². The second-order valence-electron chi connectivity index (χ2n) is 4.09. The quantitative estimate of drug-likeness (QED) is 0.806. The molecule has 1 rings (SSSR count). The fourth-order valence-electron chi connectivity index (χ4n) is 1.64. The minimum Gasteiger partial charge on any atom is -0.317 e. The van der Waals surface area contributed by atoms with Gasteiger partial charge in [0.25, 0.3) is 0 Å². The maximum absolute atomic E-state index is 12.9. The topological polar surface area (TPSA) is 12.0 Å². The standard InChI is InChI=1S/C12H14F5N/c1-18-9(4-5-12(15,16)17)6-8-2-3-10(13)11(14)7-8/h2-3,7,9,18H,4-6H2,1H3. The molecule has 6 heteroatoms. The van der Waals surface area contributed by atoms with E-state index < -0.39 is 30.3 Å². The van der Waals surface area contributed by atoms with E-state index in [-0.39, 0.29) is 12.8 Å². The lowest BCUT2D eigenvalue weighted by Crippen LogP contribution is -2.29. The number of rotatable bonds is 5. The normalized spacial score (nSPS) is 13.7. The van der Waals surface area contributed by atoms with Crippen LogP contribution in [-0.4, -0.2) is 19.3 Å². The third-order valence-corrected chi connectivity index (χ3v) is 2.65. The number of hydrogen-bond donors (Lipinski definition) is 1. The van der Waals surface area contributed by atoms with Crippen molar-refractivity contribution in [2.75, 3.05) is 7.05 Å². The molecule has 102 valence electrons. The van der Waals surface area contributed by atoms with E-state index in [0.29, 0.717) is 5.56 Å². The number of alkyl halides is 3. The van der Waals surface area contributed by atoms with E-state index in [1.165, 1.54) is 6.07 Å². The van der Waals surface area contributed by atoms with Crippen LogP contribution in [0.25, 0.3) is 0 Å². The minimum atomic E-state index is -4.21. The Morgan fingerprint density at radius 2 is 1.83 bits per heavy atom. The first-order valence-corrected chi connectivity index (χ1v) is 5.50. The Morgan fingerprint density at radius 1 is 1.17 bits per heavy atom. The van der Waals surface area contributed by atoms with E-state index in [1.54, 1.807) is 7.05 Å². The smallest absolute Gasteiger partial charge is 0.317 e. The summed E-state index contributed by atoms with van der Waals surface area (Å²) in [4.78, 5) is 0. The number of nitrogens with one attached hydrogen (secondary N) is 1. The van der Waals surface area contributed by atoms with E-state index in [9.17, 15) is 22.0 Å². The zero-order valence-electron chi connectivity index (χ0n) is 9.82. The van der Waals surface area contributed by atoms with Crippen molar-refractivity contribution < 1.29 is 22.0 Å². The SMILES string of the molecule is CNC(CCC(F)(F)F)Cc1ccc(F)c(F)c1. The van der Waals surface area contributed by atoms with Gasteiger partial charge in [-0.3, -0.25) is 0 Å². The van der Waals surface area contributed by atoms with Crippen LogP contribution in [0, 0.1) is 11.6 Å². The second-order valence-corrected chi connectivity index (χ2v) is 4.09. The lowest BCUT2D eigenvalue weighted by Gasteiger charge is -2.17. The molecule has 1 atom stereocenters. The Labute approximate surface area is 102 Å². The van der Waals surface area contributed by atoms with Gasteiger partial charge in [-0.2, -0.15) is 13.2 Å². The molecule has 0 spiro atoms. The Kier molecular flexibility index (Phi) is 5.07. The molecule has 0 heterocycles. The van der Waals surface area contributed by atoms with Gasteiger partial charge in [0, 0.05) is 12.5 Å². The fraction of sp³-hybridized carbons (Fsp3) is 0.500. The Balaban J connectivity index is 2.59. The largest absolute Gasteiger partial charge is 0.389 e. The van der Waals surface area contributed by atoms with Crippen LogP contribution in [0.4, 0.5) is 22.0 Å². The van der Waals surface area contributed by atoms with Crippen molar-refractivity contribution in [3.8, 4) is 0 Å². The predicted octanol–water partition coefficient (Wildman–Crippen LogP) is 3.44. The van der Waals surface area contributed by atoms with Gasteiger partial charge in [-0.05, 0) is 37.6 Å². The van der Waals surface area contributed by atoms with Crippen molar-refractivity contribution in [3.63, 3.8) is 0 Å². The van der Waals surface area contributed by atoms with Gasteiger partial charge in [0.1, 0.15) is 0 Å². The molecule has 0 saturated heterocycles. The van der Waals surface area contributed by atoms with Crippen LogP contribution in [0.2, 0.25) is 0 Å². The third kappa shape index (κ3) is 5.00. The zero-order valence-corrected chi connectivity index (χ0v) is 9.82. The van der Waals surface area contributed by atoms with Gasteiger partial charge in [-0.1, -0.05) is 6.07 Å².